The Bertz CT molecular complexity index is 538. The van der Waals surface area contributed by atoms with E-state index in [1.54, 1.807) is 6.08 Å². The molecular formula is C12H9ClO2. The molecule has 2 nitrogen and oxygen atoms in total. The number of benzene rings is 1. The summed E-state index contributed by atoms with van der Waals surface area (Å²) in [4.78, 5) is 10.5. The normalized spacial score (nSPS) is 11.3. The first-order valence-electron chi connectivity index (χ1n) is 4.53. The summed E-state index contributed by atoms with van der Waals surface area (Å²) in [7, 11) is 0. The lowest BCUT2D eigenvalue weighted by atomic mass is 10.2. The summed E-state index contributed by atoms with van der Waals surface area (Å²) in [5, 5.41) is 0.517. The fourth-order valence-corrected chi connectivity index (χ4v) is 1.48. The summed E-state index contributed by atoms with van der Waals surface area (Å²) >= 11 is 5.18. The van der Waals surface area contributed by atoms with Crippen LogP contribution in [0.5, 0.6) is 0 Å². The van der Waals surface area contributed by atoms with Crippen molar-refractivity contribution in [3.05, 3.63) is 41.7 Å². The van der Waals surface area contributed by atoms with Crippen LogP contribution in [0.2, 0.25) is 0 Å². The number of rotatable bonds is 2. The van der Waals surface area contributed by atoms with E-state index in [2.05, 4.69) is 0 Å². The molecule has 76 valence electrons. The number of carbonyl (C=O) groups excluding carboxylic acids is 1. The first-order chi connectivity index (χ1) is 7.15. The van der Waals surface area contributed by atoms with Crippen LogP contribution in [-0.2, 0) is 4.79 Å². The van der Waals surface area contributed by atoms with E-state index < -0.39 is 5.24 Å². The third-order valence-corrected chi connectivity index (χ3v) is 2.20. The van der Waals surface area contributed by atoms with Crippen LogP contribution in [0, 0.1) is 6.92 Å². The predicted octanol–water partition coefficient (Wildman–Crippen LogP) is 3.52. The quantitative estimate of drug-likeness (QED) is 0.573. The van der Waals surface area contributed by atoms with E-state index in [9.17, 15) is 4.79 Å². The van der Waals surface area contributed by atoms with Crippen molar-refractivity contribution >= 4 is 33.9 Å². The van der Waals surface area contributed by atoms with Crippen LogP contribution in [0.3, 0.4) is 0 Å². The highest BCUT2D eigenvalue weighted by molar-refractivity contribution is 6.66. The van der Waals surface area contributed by atoms with Crippen LogP contribution in [0.25, 0.3) is 17.0 Å². The Labute approximate surface area is 92.1 Å². The molecule has 1 aromatic carbocycles. The topological polar surface area (TPSA) is 30.2 Å². The Balaban J connectivity index is 2.43. The van der Waals surface area contributed by atoms with E-state index in [1.807, 2.05) is 31.2 Å². The van der Waals surface area contributed by atoms with Crippen molar-refractivity contribution in [2.75, 3.05) is 0 Å². The standard InChI is InChI=1S/C12H9ClO2/c1-8-2-4-11-9(6-8)7-10(15-11)3-5-12(13)14/h2-7H,1H3/b5-3+. The van der Waals surface area contributed by atoms with Gasteiger partial charge in [0.15, 0.2) is 0 Å². The Kier molecular flexibility index (Phi) is 2.60. The zero-order valence-corrected chi connectivity index (χ0v) is 8.91. The molecule has 0 aliphatic rings. The summed E-state index contributed by atoms with van der Waals surface area (Å²) in [6.45, 7) is 2.02. The number of furan rings is 1. The fraction of sp³-hybridized carbons (Fsp3) is 0.0833. The average Bonchev–Trinajstić information content (AvgIpc) is 2.56. The van der Waals surface area contributed by atoms with E-state index in [1.165, 1.54) is 11.6 Å². The minimum atomic E-state index is -0.508. The lowest BCUT2D eigenvalue weighted by molar-refractivity contribution is -0.107. The van der Waals surface area contributed by atoms with Crippen molar-refractivity contribution in [3.63, 3.8) is 0 Å². The van der Waals surface area contributed by atoms with Crippen molar-refractivity contribution in [2.24, 2.45) is 0 Å². The van der Waals surface area contributed by atoms with Gasteiger partial charge in [0.2, 0.25) is 5.24 Å². The molecule has 0 spiro atoms. The van der Waals surface area contributed by atoms with Gasteiger partial charge in [-0.25, -0.2) is 0 Å². The van der Waals surface area contributed by atoms with Gasteiger partial charge in [0.25, 0.3) is 0 Å². The predicted molar refractivity (Wildman–Crippen MR) is 60.8 cm³/mol. The lowest BCUT2D eigenvalue weighted by Gasteiger charge is -1.89. The molecule has 0 bridgehead atoms. The minimum Gasteiger partial charge on any atom is -0.457 e. The van der Waals surface area contributed by atoms with Gasteiger partial charge in [-0.15, -0.1) is 0 Å². The molecule has 2 rings (SSSR count). The van der Waals surface area contributed by atoms with Gasteiger partial charge >= 0.3 is 0 Å². The molecule has 2 aromatic rings. The van der Waals surface area contributed by atoms with Gasteiger partial charge < -0.3 is 4.42 Å². The van der Waals surface area contributed by atoms with E-state index in [0.29, 0.717) is 5.76 Å². The first kappa shape index (κ1) is 9.99. The largest absolute Gasteiger partial charge is 0.457 e. The Morgan fingerprint density at radius 2 is 2.20 bits per heavy atom. The monoisotopic (exact) mass is 220 g/mol. The molecule has 0 saturated carbocycles. The highest BCUT2D eigenvalue weighted by Gasteiger charge is 2.01. The molecule has 3 heteroatoms. The average molecular weight is 221 g/mol. The van der Waals surface area contributed by atoms with Crippen LogP contribution in [0.4, 0.5) is 0 Å². The number of hydrogen-bond donors (Lipinski definition) is 0. The van der Waals surface area contributed by atoms with E-state index >= 15 is 0 Å². The van der Waals surface area contributed by atoms with Crippen molar-refractivity contribution in [2.45, 2.75) is 6.92 Å². The maximum Gasteiger partial charge on any atom is 0.245 e. The number of carbonyl (C=O) groups is 1. The van der Waals surface area contributed by atoms with Gasteiger partial charge in [-0.1, -0.05) is 11.6 Å². The molecule has 15 heavy (non-hydrogen) atoms. The van der Waals surface area contributed by atoms with E-state index in [4.69, 9.17) is 16.0 Å². The SMILES string of the molecule is Cc1ccc2oc(/C=C/C(=O)Cl)cc2c1. The molecular weight excluding hydrogens is 212 g/mol. The number of fused-ring (bicyclic) bond motifs is 1. The molecule has 0 unspecified atom stereocenters. The molecule has 0 aliphatic carbocycles. The van der Waals surface area contributed by atoms with Crippen LogP contribution in [-0.4, -0.2) is 5.24 Å². The van der Waals surface area contributed by atoms with E-state index in [0.717, 1.165) is 11.0 Å². The molecule has 1 aromatic heterocycles. The fourth-order valence-electron chi connectivity index (χ4n) is 1.41. The molecule has 0 N–H and O–H groups in total. The van der Waals surface area contributed by atoms with Gasteiger partial charge in [-0.2, -0.15) is 0 Å². The Morgan fingerprint density at radius 1 is 1.40 bits per heavy atom. The zero-order chi connectivity index (χ0) is 10.8. The second-order valence-corrected chi connectivity index (χ2v) is 3.70. The summed E-state index contributed by atoms with van der Waals surface area (Å²) < 4.78 is 5.48. The number of halogens is 1. The van der Waals surface area contributed by atoms with Gasteiger partial charge in [0, 0.05) is 11.5 Å². The van der Waals surface area contributed by atoms with Crippen molar-refractivity contribution in [1.29, 1.82) is 0 Å². The number of hydrogen-bond acceptors (Lipinski definition) is 2. The van der Waals surface area contributed by atoms with Crippen molar-refractivity contribution in [3.8, 4) is 0 Å². The van der Waals surface area contributed by atoms with Crippen molar-refractivity contribution in [1.82, 2.24) is 0 Å². The summed E-state index contributed by atoms with van der Waals surface area (Å²) in [5.41, 5.74) is 1.98. The van der Waals surface area contributed by atoms with Crippen LogP contribution >= 0.6 is 11.6 Å². The lowest BCUT2D eigenvalue weighted by Crippen LogP contribution is -1.73. The Morgan fingerprint density at radius 3 is 2.93 bits per heavy atom. The molecule has 0 amide bonds. The zero-order valence-electron chi connectivity index (χ0n) is 8.16. The van der Waals surface area contributed by atoms with Gasteiger partial charge in [-0.05, 0) is 42.8 Å². The summed E-state index contributed by atoms with van der Waals surface area (Å²) in [6.07, 6.45) is 2.83. The molecule has 0 fully saturated rings. The first-order valence-corrected chi connectivity index (χ1v) is 4.91. The van der Waals surface area contributed by atoms with Crippen LogP contribution in [0.1, 0.15) is 11.3 Å². The van der Waals surface area contributed by atoms with Crippen LogP contribution < -0.4 is 0 Å². The second kappa shape index (κ2) is 3.91. The summed E-state index contributed by atoms with van der Waals surface area (Å²) in [5.74, 6) is 0.629. The van der Waals surface area contributed by atoms with E-state index in [-0.39, 0.29) is 0 Å². The number of allylic oxidation sites excluding steroid dienone is 1. The number of aryl methyl sites for hydroxylation is 1. The maximum absolute atomic E-state index is 10.5. The minimum absolute atomic E-state index is 0.508. The third kappa shape index (κ3) is 2.28. The van der Waals surface area contributed by atoms with Gasteiger partial charge in [0.1, 0.15) is 11.3 Å². The molecule has 0 radical (unpaired) electrons. The third-order valence-electron chi connectivity index (χ3n) is 2.07. The molecule has 0 atom stereocenters. The molecule has 0 aliphatic heterocycles. The molecule has 0 saturated heterocycles. The highest BCUT2D eigenvalue weighted by Crippen LogP contribution is 2.21. The highest BCUT2D eigenvalue weighted by atomic mass is 35.5. The summed E-state index contributed by atoms with van der Waals surface area (Å²) in [6, 6.07) is 7.79. The van der Waals surface area contributed by atoms with Crippen molar-refractivity contribution < 1.29 is 9.21 Å². The van der Waals surface area contributed by atoms with Gasteiger partial charge in [0.05, 0.1) is 0 Å². The second-order valence-electron chi connectivity index (χ2n) is 3.33. The van der Waals surface area contributed by atoms with Crippen LogP contribution in [0.15, 0.2) is 34.8 Å². The van der Waals surface area contributed by atoms with Gasteiger partial charge in [-0.3, -0.25) is 4.79 Å². The maximum atomic E-state index is 10.5. The Hall–Kier alpha value is -1.54. The molecule has 1 heterocycles. The smallest absolute Gasteiger partial charge is 0.245 e.